The number of benzene rings is 1. The van der Waals surface area contributed by atoms with Crippen molar-refractivity contribution in [3.05, 3.63) is 35.4 Å². The lowest BCUT2D eigenvalue weighted by Gasteiger charge is -2.38. The number of hydrogen-bond acceptors (Lipinski definition) is 3. The van der Waals surface area contributed by atoms with Crippen LogP contribution in [-0.2, 0) is 21.6 Å². The van der Waals surface area contributed by atoms with Crippen LogP contribution >= 0.6 is 12.2 Å². The van der Waals surface area contributed by atoms with E-state index >= 15 is 0 Å². The molecule has 0 heterocycles. The first-order valence-corrected chi connectivity index (χ1v) is 9.76. The van der Waals surface area contributed by atoms with Gasteiger partial charge in [-0.1, -0.05) is 62.3 Å². The number of aryl methyl sites for hydroxylation is 1. The van der Waals surface area contributed by atoms with Gasteiger partial charge < -0.3 is 10.6 Å². The summed E-state index contributed by atoms with van der Waals surface area (Å²) in [7, 11) is 1.63. The summed E-state index contributed by atoms with van der Waals surface area (Å²) in [6.07, 6.45) is 1.83. The van der Waals surface area contributed by atoms with Gasteiger partial charge in [0.25, 0.3) is 0 Å². The minimum atomic E-state index is -2.36. The first kappa shape index (κ1) is 21.7. The summed E-state index contributed by atoms with van der Waals surface area (Å²) in [5.74, 6) is -0.937. The second-order valence-corrected chi connectivity index (χ2v) is 7.08. The molecule has 0 aliphatic rings. The van der Waals surface area contributed by atoms with Crippen LogP contribution in [0.3, 0.4) is 0 Å². The Morgan fingerprint density at radius 1 is 1.36 bits per heavy atom. The Kier molecular flexibility index (Phi) is 8.64. The molecule has 0 bridgehead atoms. The van der Waals surface area contributed by atoms with Gasteiger partial charge in [-0.05, 0) is 18.9 Å². The molecule has 0 aliphatic heterocycles. The number of thiocarbonyl (C=S) groups is 1. The van der Waals surface area contributed by atoms with Crippen LogP contribution in [0.25, 0.3) is 0 Å². The summed E-state index contributed by atoms with van der Waals surface area (Å²) in [6, 6.07) is 7.39. The van der Waals surface area contributed by atoms with Crippen molar-refractivity contribution >= 4 is 34.4 Å². The lowest BCUT2D eigenvalue weighted by Crippen LogP contribution is -2.60. The Morgan fingerprint density at radius 2 is 1.96 bits per heavy atom. The van der Waals surface area contributed by atoms with Crippen LogP contribution in [0.5, 0.6) is 0 Å². The van der Waals surface area contributed by atoms with Crippen molar-refractivity contribution in [2.24, 2.45) is 5.92 Å². The van der Waals surface area contributed by atoms with Crippen LogP contribution in [0, 0.1) is 12.8 Å². The van der Waals surface area contributed by atoms with E-state index in [0.29, 0.717) is 12.1 Å². The second kappa shape index (κ2) is 9.96. The Labute approximate surface area is 157 Å². The zero-order valence-corrected chi connectivity index (χ0v) is 16.7. The summed E-state index contributed by atoms with van der Waals surface area (Å²) in [5, 5.41) is 5.75. The van der Waals surface area contributed by atoms with Crippen molar-refractivity contribution in [2.45, 2.75) is 39.2 Å². The van der Waals surface area contributed by atoms with Crippen molar-refractivity contribution in [3.63, 3.8) is 0 Å². The van der Waals surface area contributed by atoms with Gasteiger partial charge in [0, 0.05) is 13.6 Å². The fourth-order valence-corrected chi connectivity index (χ4v) is 3.74. The normalized spacial score (nSPS) is 15.7. The number of hydrogen-bond donors (Lipinski definition) is 4. The number of carbonyl (C=O) groups excluding carboxylic acids is 1. The quantitative estimate of drug-likeness (QED) is 0.297. The van der Waals surface area contributed by atoms with Gasteiger partial charge in [0.15, 0.2) is 0 Å². The molecule has 0 aliphatic carbocycles. The molecule has 8 heteroatoms. The van der Waals surface area contributed by atoms with Gasteiger partial charge in [-0.15, -0.1) is 0 Å². The molecule has 0 radical (unpaired) electrons. The molecule has 0 fully saturated rings. The lowest BCUT2D eigenvalue weighted by molar-refractivity contribution is -0.126. The average Bonchev–Trinajstić information content (AvgIpc) is 2.59. The van der Waals surface area contributed by atoms with E-state index < -0.39 is 22.7 Å². The maximum atomic E-state index is 12.7. The zero-order chi connectivity index (χ0) is 19.0. The Hall–Kier alpha value is -1.35. The first-order chi connectivity index (χ1) is 11.8. The second-order valence-electron chi connectivity index (χ2n) is 5.97. The Balaban J connectivity index is 3.37. The van der Waals surface area contributed by atoms with E-state index in [1.807, 2.05) is 38.1 Å². The third-order valence-corrected chi connectivity index (χ3v) is 5.24. The average molecular weight is 386 g/mol. The van der Waals surface area contributed by atoms with E-state index in [-0.39, 0.29) is 10.9 Å². The molecule has 1 rings (SSSR count). The molecule has 6 nitrogen and oxygen atoms in total. The minimum absolute atomic E-state index is 0.232. The fraction of sp³-hybridized carbons (Fsp3) is 0.529. The lowest BCUT2D eigenvalue weighted by atomic mass is 9.78. The van der Waals surface area contributed by atoms with E-state index in [0.717, 1.165) is 18.4 Å². The predicted molar refractivity (Wildman–Crippen MR) is 106 cm³/mol. The summed E-state index contributed by atoms with van der Waals surface area (Å²) >= 11 is 3.09. The summed E-state index contributed by atoms with van der Waals surface area (Å²) < 4.78 is 23.8. The summed E-state index contributed by atoms with van der Waals surface area (Å²) in [4.78, 5) is 13.0. The van der Waals surface area contributed by atoms with Crippen molar-refractivity contribution in [3.8, 4) is 0 Å². The standard InChI is InChI=1S/C17H27N3O3S2/c1-5-6-11-19-15(21)13(3)17(16(24)18-4,20-25(22)23)14-9-7-12(2)8-10-14/h7-10,13,20H,5-6,11H2,1-4H3,(H,18,24)(H,19,21)(H,22,23). The molecule has 1 aromatic rings. The van der Waals surface area contributed by atoms with Gasteiger partial charge in [-0.25, -0.2) is 4.21 Å². The molecule has 0 spiro atoms. The zero-order valence-electron chi connectivity index (χ0n) is 15.1. The molecule has 0 aromatic heterocycles. The van der Waals surface area contributed by atoms with Crippen LogP contribution in [0.2, 0.25) is 0 Å². The summed E-state index contributed by atoms with van der Waals surface area (Å²) in [6.45, 7) is 6.24. The first-order valence-electron chi connectivity index (χ1n) is 8.25. The van der Waals surface area contributed by atoms with Crippen LogP contribution in [0.15, 0.2) is 24.3 Å². The number of unbranched alkanes of at least 4 members (excludes halogenated alkanes) is 1. The molecule has 140 valence electrons. The molecule has 4 N–H and O–H groups in total. The third-order valence-electron chi connectivity index (χ3n) is 4.21. The van der Waals surface area contributed by atoms with Gasteiger partial charge in [-0.2, -0.15) is 4.72 Å². The van der Waals surface area contributed by atoms with E-state index in [1.165, 1.54) is 0 Å². The molecule has 1 amide bonds. The van der Waals surface area contributed by atoms with Gasteiger partial charge in [0.2, 0.25) is 17.2 Å². The topological polar surface area (TPSA) is 90.5 Å². The number of nitrogens with one attached hydrogen (secondary N) is 3. The largest absolute Gasteiger partial charge is 0.381 e. The number of carbonyl (C=O) groups is 1. The highest BCUT2D eigenvalue weighted by molar-refractivity contribution is 7.80. The van der Waals surface area contributed by atoms with Crippen LogP contribution in [-0.4, -0.2) is 33.2 Å². The van der Waals surface area contributed by atoms with E-state index in [9.17, 15) is 13.6 Å². The number of rotatable bonds is 9. The molecule has 0 saturated heterocycles. The molecular weight excluding hydrogens is 358 g/mol. The van der Waals surface area contributed by atoms with Gasteiger partial charge in [0.05, 0.1) is 5.92 Å². The molecule has 25 heavy (non-hydrogen) atoms. The predicted octanol–water partition coefficient (Wildman–Crippen LogP) is 2.02. The van der Waals surface area contributed by atoms with E-state index in [1.54, 1.807) is 14.0 Å². The highest BCUT2D eigenvalue weighted by Gasteiger charge is 2.46. The van der Waals surface area contributed by atoms with Gasteiger partial charge >= 0.3 is 0 Å². The fourth-order valence-electron chi connectivity index (χ4n) is 2.66. The monoisotopic (exact) mass is 385 g/mol. The SMILES string of the molecule is CCCCNC(=O)C(C)C(NS(=O)O)(C(=S)NC)c1ccc(C)cc1. The van der Waals surface area contributed by atoms with Crippen molar-refractivity contribution < 1.29 is 13.6 Å². The highest BCUT2D eigenvalue weighted by atomic mass is 32.2. The Bertz CT molecular complexity index is 622. The molecule has 3 unspecified atom stereocenters. The molecular formula is C17H27N3O3S2. The molecule has 3 atom stereocenters. The van der Waals surface area contributed by atoms with E-state index in [4.69, 9.17) is 12.2 Å². The van der Waals surface area contributed by atoms with Gasteiger partial charge in [-0.3, -0.25) is 9.35 Å². The summed E-state index contributed by atoms with van der Waals surface area (Å²) in [5.41, 5.74) is 0.393. The van der Waals surface area contributed by atoms with Crippen molar-refractivity contribution in [2.75, 3.05) is 13.6 Å². The highest BCUT2D eigenvalue weighted by Crippen LogP contribution is 2.32. The number of amides is 1. The van der Waals surface area contributed by atoms with Crippen LogP contribution in [0.4, 0.5) is 0 Å². The Morgan fingerprint density at radius 3 is 2.44 bits per heavy atom. The maximum Gasteiger partial charge on any atom is 0.232 e. The van der Waals surface area contributed by atoms with Crippen LogP contribution < -0.4 is 15.4 Å². The maximum absolute atomic E-state index is 12.7. The minimum Gasteiger partial charge on any atom is -0.381 e. The third kappa shape index (κ3) is 5.31. The van der Waals surface area contributed by atoms with Gasteiger partial charge in [0.1, 0.15) is 10.5 Å². The molecule has 1 aromatic carbocycles. The van der Waals surface area contributed by atoms with Crippen molar-refractivity contribution in [1.29, 1.82) is 0 Å². The van der Waals surface area contributed by atoms with Crippen molar-refractivity contribution in [1.82, 2.24) is 15.4 Å². The molecule has 0 saturated carbocycles. The number of likely N-dealkylation sites (N-methyl/N-ethyl adjacent to an activating group) is 1. The van der Waals surface area contributed by atoms with E-state index in [2.05, 4.69) is 15.4 Å². The smallest absolute Gasteiger partial charge is 0.232 e. The van der Waals surface area contributed by atoms with Crippen LogP contribution in [0.1, 0.15) is 37.8 Å².